The summed E-state index contributed by atoms with van der Waals surface area (Å²) >= 11 is 5.19. The van der Waals surface area contributed by atoms with Gasteiger partial charge >= 0.3 is 0 Å². The molecular formula is C12H18N4S2. The lowest BCUT2D eigenvalue weighted by molar-refractivity contribution is 0.776. The number of thiol groups is 1. The Morgan fingerprint density at radius 2 is 1.83 bits per heavy atom. The number of aryl methyl sites for hydroxylation is 1. The highest BCUT2D eigenvalue weighted by Gasteiger charge is 1.97. The molecule has 0 atom stereocenters. The summed E-state index contributed by atoms with van der Waals surface area (Å²) in [6, 6.07) is 8.34. The summed E-state index contributed by atoms with van der Waals surface area (Å²) < 4.78 is 0. The van der Waals surface area contributed by atoms with E-state index in [1.807, 2.05) is 0 Å². The van der Waals surface area contributed by atoms with Gasteiger partial charge in [0.25, 0.3) is 0 Å². The standard InChI is InChI=1S/C12H18N4S2/c13-11(14)18-8-10-5-3-9(4-6-10)2-1-7-16-12(15)17/h3-6H,1-2,7-8H2,(H3,13,14)(H3,15,16,17). The molecule has 4 nitrogen and oxygen atoms in total. The number of benzene rings is 1. The van der Waals surface area contributed by atoms with Gasteiger partial charge in [-0.05, 0) is 24.0 Å². The maximum Gasteiger partial charge on any atom is 0.151 e. The Balaban J connectivity index is 2.31. The molecule has 0 aliphatic rings. The molecule has 1 rings (SSSR count). The van der Waals surface area contributed by atoms with Crippen molar-refractivity contribution >= 4 is 34.7 Å². The molecule has 0 radical (unpaired) electrons. The summed E-state index contributed by atoms with van der Waals surface area (Å²) in [6.45, 7) is 0.768. The van der Waals surface area contributed by atoms with Crippen LogP contribution in [-0.2, 0) is 12.2 Å². The normalized spacial score (nSPS) is 10.1. The highest BCUT2D eigenvalue weighted by molar-refractivity contribution is 8.13. The molecule has 0 saturated heterocycles. The van der Waals surface area contributed by atoms with Gasteiger partial charge in [-0.25, -0.2) is 0 Å². The van der Waals surface area contributed by atoms with E-state index in [-0.39, 0.29) is 10.3 Å². The zero-order chi connectivity index (χ0) is 13.4. The third kappa shape index (κ3) is 6.56. The molecule has 18 heavy (non-hydrogen) atoms. The van der Waals surface area contributed by atoms with Gasteiger partial charge in [-0.2, -0.15) is 0 Å². The van der Waals surface area contributed by atoms with Crippen molar-refractivity contribution in [2.24, 2.45) is 5.73 Å². The molecule has 0 aliphatic carbocycles. The van der Waals surface area contributed by atoms with Crippen LogP contribution in [0.1, 0.15) is 17.5 Å². The number of thioether (sulfide) groups is 1. The first kappa shape index (κ1) is 14.9. The topological polar surface area (TPSA) is 85.8 Å². The Labute approximate surface area is 117 Å². The summed E-state index contributed by atoms with van der Waals surface area (Å²) in [5.74, 6) is 0.744. The van der Waals surface area contributed by atoms with Gasteiger partial charge in [0.2, 0.25) is 0 Å². The fourth-order valence-electron chi connectivity index (χ4n) is 1.46. The third-order valence-electron chi connectivity index (χ3n) is 2.35. The summed E-state index contributed by atoms with van der Waals surface area (Å²) in [4.78, 5) is 0. The molecule has 0 bridgehead atoms. The minimum absolute atomic E-state index is 0.152. The van der Waals surface area contributed by atoms with E-state index >= 15 is 0 Å². The van der Waals surface area contributed by atoms with Crippen molar-refractivity contribution in [3.05, 3.63) is 35.4 Å². The minimum Gasteiger partial charge on any atom is -0.379 e. The second-order valence-electron chi connectivity index (χ2n) is 3.85. The van der Waals surface area contributed by atoms with Crippen LogP contribution in [-0.4, -0.2) is 16.9 Å². The molecule has 98 valence electrons. The van der Waals surface area contributed by atoms with Gasteiger partial charge in [0.05, 0.1) is 0 Å². The average Bonchev–Trinajstić information content (AvgIpc) is 2.33. The van der Waals surface area contributed by atoms with Crippen LogP contribution < -0.4 is 11.1 Å². The molecule has 0 amide bonds. The molecule has 1 aromatic rings. The second-order valence-corrected chi connectivity index (χ2v) is 5.31. The molecule has 0 aromatic heterocycles. The highest BCUT2D eigenvalue weighted by Crippen LogP contribution is 2.13. The van der Waals surface area contributed by atoms with Crippen molar-refractivity contribution in [2.75, 3.05) is 6.54 Å². The zero-order valence-corrected chi connectivity index (χ0v) is 11.8. The van der Waals surface area contributed by atoms with E-state index in [0.29, 0.717) is 0 Å². The van der Waals surface area contributed by atoms with E-state index in [1.165, 1.54) is 22.9 Å². The van der Waals surface area contributed by atoms with E-state index in [9.17, 15) is 0 Å². The third-order valence-corrected chi connectivity index (χ3v) is 3.30. The van der Waals surface area contributed by atoms with Crippen LogP contribution in [0, 0.1) is 10.8 Å². The first-order valence-electron chi connectivity index (χ1n) is 5.64. The van der Waals surface area contributed by atoms with Gasteiger partial charge < -0.3 is 11.1 Å². The van der Waals surface area contributed by atoms with Crippen molar-refractivity contribution in [2.45, 2.75) is 18.6 Å². The molecule has 0 fully saturated rings. The van der Waals surface area contributed by atoms with Crippen LogP contribution >= 0.6 is 24.4 Å². The van der Waals surface area contributed by atoms with Crippen LogP contribution in [0.4, 0.5) is 0 Å². The summed E-state index contributed by atoms with van der Waals surface area (Å²) in [5.41, 5.74) is 7.74. The number of nitrogens with two attached hydrogens (primary N) is 1. The van der Waals surface area contributed by atoms with Crippen LogP contribution in [0.25, 0.3) is 0 Å². The van der Waals surface area contributed by atoms with Gasteiger partial charge in [0.1, 0.15) is 0 Å². The molecule has 0 aliphatic heterocycles. The highest BCUT2D eigenvalue weighted by atomic mass is 32.2. The van der Waals surface area contributed by atoms with Crippen molar-refractivity contribution in [1.82, 2.24) is 5.32 Å². The SMILES string of the molecule is N=C(S)NCCCc1ccc(CSC(=N)N)cc1. The summed E-state index contributed by atoms with van der Waals surface area (Å²) in [7, 11) is 0. The van der Waals surface area contributed by atoms with Crippen LogP contribution in [0.3, 0.4) is 0 Å². The largest absolute Gasteiger partial charge is 0.379 e. The molecule has 5 N–H and O–H groups in total. The van der Waals surface area contributed by atoms with E-state index in [4.69, 9.17) is 16.6 Å². The fraction of sp³-hybridized carbons (Fsp3) is 0.333. The summed E-state index contributed by atoms with van der Waals surface area (Å²) in [6.07, 6.45) is 1.96. The van der Waals surface area contributed by atoms with Crippen molar-refractivity contribution < 1.29 is 0 Å². The van der Waals surface area contributed by atoms with Crippen LogP contribution in [0.15, 0.2) is 24.3 Å². The van der Waals surface area contributed by atoms with E-state index in [0.717, 1.165) is 25.1 Å². The number of rotatable bonds is 6. The van der Waals surface area contributed by atoms with Gasteiger partial charge in [0, 0.05) is 12.3 Å². The number of hydrogen-bond donors (Lipinski definition) is 5. The molecule has 0 saturated carbocycles. The number of nitrogens with one attached hydrogen (secondary N) is 3. The maximum atomic E-state index is 7.14. The predicted octanol–water partition coefficient (Wildman–Crippen LogP) is 2.20. The molecule has 0 spiro atoms. The molecule has 6 heteroatoms. The van der Waals surface area contributed by atoms with E-state index in [1.54, 1.807) is 0 Å². The quantitative estimate of drug-likeness (QED) is 0.240. The van der Waals surface area contributed by atoms with Gasteiger partial charge in [-0.3, -0.25) is 10.8 Å². The number of amidine groups is 2. The smallest absolute Gasteiger partial charge is 0.151 e. The Bertz CT molecular complexity index is 403. The lowest BCUT2D eigenvalue weighted by atomic mass is 10.1. The molecule has 0 heterocycles. The molecule has 0 unspecified atom stereocenters. The Kier molecular flexibility index (Phi) is 6.67. The molecular weight excluding hydrogens is 264 g/mol. The van der Waals surface area contributed by atoms with E-state index in [2.05, 4.69) is 42.2 Å². The first-order valence-corrected chi connectivity index (χ1v) is 7.07. The lowest BCUT2D eigenvalue weighted by Crippen LogP contribution is -2.18. The van der Waals surface area contributed by atoms with Crippen LogP contribution in [0.2, 0.25) is 0 Å². The zero-order valence-electron chi connectivity index (χ0n) is 10.1. The minimum atomic E-state index is 0.152. The summed E-state index contributed by atoms with van der Waals surface area (Å²) in [5, 5.41) is 17.5. The second kappa shape index (κ2) is 8.05. The fourth-order valence-corrected chi connectivity index (χ4v) is 2.09. The van der Waals surface area contributed by atoms with Crippen molar-refractivity contribution in [3.8, 4) is 0 Å². The van der Waals surface area contributed by atoms with Gasteiger partial charge in [-0.1, -0.05) is 36.0 Å². The Morgan fingerprint density at radius 3 is 2.39 bits per heavy atom. The van der Waals surface area contributed by atoms with Crippen molar-refractivity contribution in [3.63, 3.8) is 0 Å². The maximum absolute atomic E-state index is 7.14. The average molecular weight is 282 g/mol. The van der Waals surface area contributed by atoms with Crippen molar-refractivity contribution in [1.29, 1.82) is 10.8 Å². The number of hydrogen-bond acceptors (Lipinski definition) is 3. The Hall–Kier alpha value is -1.14. The van der Waals surface area contributed by atoms with E-state index < -0.39 is 0 Å². The first-order chi connectivity index (χ1) is 8.58. The van der Waals surface area contributed by atoms with Crippen LogP contribution in [0.5, 0.6) is 0 Å². The van der Waals surface area contributed by atoms with Gasteiger partial charge in [-0.15, -0.1) is 12.6 Å². The Morgan fingerprint density at radius 1 is 1.22 bits per heavy atom. The monoisotopic (exact) mass is 282 g/mol. The van der Waals surface area contributed by atoms with Gasteiger partial charge in [0.15, 0.2) is 10.3 Å². The molecule has 1 aromatic carbocycles. The predicted molar refractivity (Wildman–Crippen MR) is 82.7 cm³/mol. The lowest BCUT2D eigenvalue weighted by Gasteiger charge is -2.05.